The van der Waals surface area contributed by atoms with Crippen molar-refractivity contribution >= 4 is 46.6 Å². The number of hydrogen-bond acceptors (Lipinski definition) is 4. The van der Waals surface area contributed by atoms with E-state index in [-0.39, 0.29) is 28.0 Å². The van der Waals surface area contributed by atoms with Crippen LogP contribution in [0.3, 0.4) is 0 Å². The smallest absolute Gasteiger partial charge is 0.319 e. The monoisotopic (exact) mass is 542 g/mol. The molecule has 5 rings (SSSR count). The van der Waals surface area contributed by atoms with Gasteiger partial charge in [-0.1, -0.05) is 25.5 Å². The SMILES string of the molecule is CC(=O)[C@H]1CC[C@H]2[C@@H]3[C@H](Sc4ccc(NC(=O)NCCCl)cc4)C=C4CC(=O)CC[C@]4(C)[C@H]3CC[C@]12C. The quantitative estimate of drug-likeness (QED) is 0.304. The van der Waals surface area contributed by atoms with Crippen molar-refractivity contribution < 1.29 is 14.4 Å². The molecule has 0 aliphatic heterocycles. The van der Waals surface area contributed by atoms with Gasteiger partial charge < -0.3 is 10.6 Å². The van der Waals surface area contributed by atoms with Crippen LogP contribution in [-0.4, -0.2) is 35.3 Å². The Labute approximate surface area is 229 Å². The standard InChI is InChI=1S/C30H39ClN2O3S/c1-18(34)23-8-9-24-27-25(11-13-30(23,24)3)29(2)12-10-21(35)16-19(29)17-26(27)37-22-6-4-20(5-7-22)33-28(36)32-15-14-31/h4-7,17,23-27H,8-16H2,1-3H3,(H2,32,33,36)/t23-,24+,25+,26-,27+,29+,30-/m1/s1. The number of fused-ring (bicyclic) bond motifs is 5. The molecule has 3 saturated carbocycles. The lowest BCUT2D eigenvalue weighted by Gasteiger charge is -2.59. The van der Waals surface area contributed by atoms with Crippen molar-refractivity contribution in [1.82, 2.24) is 5.32 Å². The van der Waals surface area contributed by atoms with Gasteiger partial charge in [0.1, 0.15) is 11.6 Å². The number of rotatable bonds is 6. The average molecular weight is 543 g/mol. The molecule has 1 aromatic carbocycles. The van der Waals surface area contributed by atoms with Crippen LogP contribution in [0.15, 0.2) is 40.8 Å². The van der Waals surface area contributed by atoms with Gasteiger partial charge >= 0.3 is 6.03 Å². The number of Topliss-reactive ketones (excluding diaryl/α,β-unsaturated/α-hetero) is 2. The van der Waals surface area contributed by atoms with E-state index in [0.29, 0.717) is 54.6 Å². The Kier molecular flexibility index (Phi) is 7.54. The number of benzene rings is 1. The van der Waals surface area contributed by atoms with Crippen molar-refractivity contribution in [2.75, 3.05) is 17.7 Å². The first-order chi connectivity index (χ1) is 17.7. The van der Waals surface area contributed by atoms with E-state index < -0.39 is 0 Å². The summed E-state index contributed by atoms with van der Waals surface area (Å²) in [7, 11) is 0. The number of alkyl halides is 1. The minimum absolute atomic E-state index is 0.0716. The molecule has 7 atom stereocenters. The predicted octanol–water partition coefficient (Wildman–Crippen LogP) is 6.85. The van der Waals surface area contributed by atoms with Crippen LogP contribution in [0, 0.1) is 34.5 Å². The van der Waals surface area contributed by atoms with E-state index in [9.17, 15) is 14.4 Å². The summed E-state index contributed by atoms with van der Waals surface area (Å²) in [6.45, 7) is 7.01. The largest absolute Gasteiger partial charge is 0.337 e. The van der Waals surface area contributed by atoms with E-state index in [1.807, 2.05) is 23.9 Å². The van der Waals surface area contributed by atoms with Crippen molar-refractivity contribution in [1.29, 1.82) is 0 Å². The van der Waals surface area contributed by atoms with Gasteiger partial charge in [-0.25, -0.2) is 4.79 Å². The van der Waals surface area contributed by atoms with E-state index in [1.54, 1.807) is 6.92 Å². The maximum atomic E-state index is 12.6. The summed E-state index contributed by atoms with van der Waals surface area (Å²) >= 11 is 7.54. The molecule has 2 N–H and O–H groups in total. The highest BCUT2D eigenvalue weighted by Gasteiger charge is 2.61. The molecule has 1 aromatic rings. The van der Waals surface area contributed by atoms with Crippen LogP contribution in [-0.2, 0) is 9.59 Å². The van der Waals surface area contributed by atoms with E-state index in [0.717, 1.165) is 42.7 Å². The lowest BCUT2D eigenvalue weighted by molar-refractivity contribution is -0.128. The highest BCUT2D eigenvalue weighted by atomic mass is 35.5. The molecule has 2 amide bonds. The fourth-order valence-corrected chi connectivity index (χ4v) is 9.80. The van der Waals surface area contributed by atoms with Crippen LogP contribution >= 0.6 is 23.4 Å². The van der Waals surface area contributed by atoms with Crippen LogP contribution in [0.4, 0.5) is 10.5 Å². The Morgan fingerprint density at radius 1 is 1.08 bits per heavy atom. The number of carbonyl (C=O) groups excluding carboxylic acids is 3. The number of allylic oxidation sites excluding steroid dienone is 1. The number of nitrogens with one attached hydrogen (secondary N) is 2. The van der Waals surface area contributed by atoms with Gasteiger partial charge in [0.25, 0.3) is 0 Å². The molecule has 4 aliphatic rings. The fourth-order valence-electron chi connectivity index (χ4n) is 8.33. The fraction of sp³-hybridized carbons (Fsp3) is 0.633. The first-order valence-electron chi connectivity index (χ1n) is 13.8. The number of ketones is 2. The second-order valence-electron chi connectivity index (χ2n) is 12.1. The number of thioether (sulfide) groups is 1. The number of urea groups is 1. The lowest BCUT2D eigenvalue weighted by atomic mass is 9.47. The highest BCUT2D eigenvalue weighted by Crippen LogP contribution is 2.67. The minimum atomic E-state index is -0.259. The Hall–Kier alpha value is -1.79. The predicted molar refractivity (Wildman–Crippen MR) is 150 cm³/mol. The minimum Gasteiger partial charge on any atom is -0.337 e. The number of anilines is 1. The average Bonchev–Trinajstić information content (AvgIpc) is 3.22. The molecule has 0 saturated heterocycles. The molecular formula is C30H39ClN2O3S. The highest BCUT2D eigenvalue weighted by molar-refractivity contribution is 8.00. The molecule has 0 spiro atoms. The molecule has 0 bridgehead atoms. The molecule has 7 heteroatoms. The van der Waals surface area contributed by atoms with Gasteiger partial charge in [0.15, 0.2) is 0 Å². The first kappa shape index (κ1) is 26.8. The summed E-state index contributed by atoms with van der Waals surface area (Å²) in [6, 6.07) is 7.77. The topological polar surface area (TPSA) is 75.3 Å². The molecule has 0 aromatic heterocycles. The molecule has 200 valence electrons. The molecule has 0 unspecified atom stereocenters. The van der Waals surface area contributed by atoms with E-state index in [1.165, 1.54) is 5.57 Å². The molecule has 5 nitrogen and oxygen atoms in total. The zero-order valence-electron chi connectivity index (χ0n) is 22.1. The summed E-state index contributed by atoms with van der Waals surface area (Å²) in [5, 5.41) is 5.84. The summed E-state index contributed by atoms with van der Waals surface area (Å²) in [4.78, 5) is 38.3. The Morgan fingerprint density at radius 3 is 2.54 bits per heavy atom. The zero-order valence-corrected chi connectivity index (χ0v) is 23.7. The van der Waals surface area contributed by atoms with Gasteiger partial charge in [-0.3, -0.25) is 9.59 Å². The summed E-state index contributed by atoms with van der Waals surface area (Å²) < 4.78 is 0. The van der Waals surface area contributed by atoms with E-state index in [4.69, 9.17) is 11.6 Å². The van der Waals surface area contributed by atoms with Crippen LogP contribution < -0.4 is 10.6 Å². The van der Waals surface area contributed by atoms with Gasteiger partial charge in [0.2, 0.25) is 0 Å². The van der Waals surface area contributed by atoms with E-state index >= 15 is 0 Å². The number of carbonyl (C=O) groups is 3. The Morgan fingerprint density at radius 2 is 1.84 bits per heavy atom. The van der Waals surface area contributed by atoms with Crippen LogP contribution in [0.25, 0.3) is 0 Å². The number of amides is 2. The maximum absolute atomic E-state index is 12.6. The van der Waals surface area contributed by atoms with Crippen LogP contribution in [0.2, 0.25) is 0 Å². The molecule has 0 heterocycles. The third kappa shape index (κ3) is 4.89. The number of halogens is 1. The Bertz CT molecular complexity index is 1100. The molecular weight excluding hydrogens is 504 g/mol. The van der Waals surface area contributed by atoms with Crippen molar-refractivity contribution in [2.45, 2.75) is 75.9 Å². The molecule has 4 aliphatic carbocycles. The van der Waals surface area contributed by atoms with Crippen LogP contribution in [0.1, 0.15) is 65.7 Å². The Balaban J connectivity index is 1.43. The molecule has 37 heavy (non-hydrogen) atoms. The number of hydrogen-bond donors (Lipinski definition) is 2. The zero-order chi connectivity index (χ0) is 26.4. The third-order valence-corrected chi connectivity index (χ3v) is 11.7. The third-order valence-electron chi connectivity index (χ3n) is 10.2. The van der Waals surface area contributed by atoms with Gasteiger partial charge in [-0.05, 0) is 91.9 Å². The van der Waals surface area contributed by atoms with Gasteiger partial charge in [0, 0.05) is 47.0 Å². The molecule has 3 fully saturated rings. The van der Waals surface area contributed by atoms with Gasteiger partial charge in [0.05, 0.1) is 0 Å². The molecule has 0 radical (unpaired) electrons. The van der Waals surface area contributed by atoms with Crippen molar-refractivity contribution in [3.63, 3.8) is 0 Å². The van der Waals surface area contributed by atoms with Crippen molar-refractivity contribution in [3.05, 3.63) is 35.9 Å². The summed E-state index contributed by atoms with van der Waals surface area (Å²) in [5.41, 5.74) is 2.26. The lowest BCUT2D eigenvalue weighted by Crippen LogP contribution is -2.54. The van der Waals surface area contributed by atoms with Gasteiger partial charge in [-0.2, -0.15) is 0 Å². The van der Waals surface area contributed by atoms with E-state index in [2.05, 4.69) is 42.7 Å². The van der Waals surface area contributed by atoms with Crippen LogP contribution in [0.5, 0.6) is 0 Å². The normalized spacial score (nSPS) is 36.6. The van der Waals surface area contributed by atoms with Gasteiger partial charge in [-0.15, -0.1) is 23.4 Å². The maximum Gasteiger partial charge on any atom is 0.319 e. The summed E-state index contributed by atoms with van der Waals surface area (Å²) in [5.74, 6) is 2.84. The second-order valence-corrected chi connectivity index (χ2v) is 13.7. The van der Waals surface area contributed by atoms with Crippen molar-refractivity contribution in [3.8, 4) is 0 Å². The summed E-state index contributed by atoms with van der Waals surface area (Å²) in [6.07, 6.45) is 9.08. The first-order valence-corrected chi connectivity index (χ1v) is 15.2. The second kappa shape index (κ2) is 10.4. The van der Waals surface area contributed by atoms with Crippen molar-refractivity contribution in [2.24, 2.45) is 34.5 Å².